The monoisotopic (exact) mass is 222 g/mol. The van der Waals surface area contributed by atoms with Crippen molar-refractivity contribution in [3.8, 4) is 0 Å². The highest BCUT2D eigenvalue weighted by molar-refractivity contribution is 8.00. The van der Waals surface area contributed by atoms with Crippen molar-refractivity contribution in [1.82, 2.24) is 5.32 Å². The highest BCUT2D eigenvalue weighted by atomic mass is 32.2. The van der Waals surface area contributed by atoms with E-state index in [0.717, 1.165) is 10.6 Å². The lowest BCUT2D eigenvalue weighted by atomic mass is 10.1. The summed E-state index contributed by atoms with van der Waals surface area (Å²) in [4.78, 5) is 12.4. The third-order valence-corrected chi connectivity index (χ3v) is 3.64. The summed E-state index contributed by atoms with van der Waals surface area (Å²) in [5.41, 5.74) is 2.13. The molecule has 1 heterocycles. The molecule has 0 aliphatic carbocycles. The van der Waals surface area contributed by atoms with Crippen LogP contribution in [0.4, 0.5) is 5.69 Å². The van der Waals surface area contributed by atoms with Crippen LogP contribution in [-0.4, -0.2) is 18.7 Å². The molecule has 0 radical (unpaired) electrons. The van der Waals surface area contributed by atoms with Crippen molar-refractivity contribution >= 4 is 23.4 Å². The predicted molar refractivity (Wildman–Crippen MR) is 63.3 cm³/mol. The second kappa shape index (κ2) is 4.24. The summed E-state index contributed by atoms with van der Waals surface area (Å²) in [5.74, 6) is 0.607. The Kier molecular flexibility index (Phi) is 2.98. The molecule has 0 spiro atoms. The third kappa shape index (κ3) is 2.16. The largest absolute Gasteiger partial charge is 0.324 e. The lowest BCUT2D eigenvalue weighted by molar-refractivity contribution is -0.113. The first kappa shape index (κ1) is 10.5. The third-order valence-electron chi connectivity index (χ3n) is 2.57. The summed E-state index contributed by atoms with van der Waals surface area (Å²) in [6, 6.07) is 6.52. The molecule has 1 amide bonds. The summed E-state index contributed by atoms with van der Waals surface area (Å²) in [6.45, 7) is 2.10. The van der Waals surface area contributed by atoms with E-state index in [1.165, 1.54) is 5.56 Å². The van der Waals surface area contributed by atoms with Crippen LogP contribution >= 0.6 is 11.8 Å². The van der Waals surface area contributed by atoms with Crippen LogP contribution in [0, 0.1) is 0 Å². The summed E-state index contributed by atoms with van der Waals surface area (Å²) in [6.07, 6.45) is 0. The Bertz CT molecular complexity index is 392. The molecule has 1 unspecified atom stereocenters. The second-order valence-electron chi connectivity index (χ2n) is 3.60. The van der Waals surface area contributed by atoms with Gasteiger partial charge < -0.3 is 10.6 Å². The summed E-state index contributed by atoms with van der Waals surface area (Å²) < 4.78 is 0. The fourth-order valence-corrected chi connectivity index (χ4v) is 2.33. The van der Waals surface area contributed by atoms with Gasteiger partial charge in [-0.25, -0.2) is 0 Å². The Morgan fingerprint density at radius 1 is 1.53 bits per heavy atom. The number of hydrogen-bond acceptors (Lipinski definition) is 3. The highest BCUT2D eigenvalue weighted by Crippen LogP contribution is 2.33. The quantitative estimate of drug-likeness (QED) is 0.804. The first-order valence-electron chi connectivity index (χ1n) is 4.94. The van der Waals surface area contributed by atoms with E-state index < -0.39 is 0 Å². The summed E-state index contributed by atoms with van der Waals surface area (Å²) in [7, 11) is 1.93. The predicted octanol–water partition coefficient (Wildman–Crippen LogP) is 2.01. The average Bonchev–Trinajstić information content (AvgIpc) is 2.27. The van der Waals surface area contributed by atoms with Crippen molar-refractivity contribution in [2.24, 2.45) is 0 Å². The van der Waals surface area contributed by atoms with Crippen molar-refractivity contribution < 1.29 is 4.79 Å². The molecule has 1 aromatic carbocycles. The molecule has 0 saturated heterocycles. The molecule has 1 aliphatic rings. The lowest BCUT2D eigenvalue weighted by Gasteiger charge is -2.19. The van der Waals surface area contributed by atoms with Crippen molar-refractivity contribution in [1.29, 1.82) is 0 Å². The van der Waals surface area contributed by atoms with E-state index >= 15 is 0 Å². The summed E-state index contributed by atoms with van der Waals surface area (Å²) >= 11 is 1.59. The van der Waals surface area contributed by atoms with Crippen molar-refractivity contribution in [3.63, 3.8) is 0 Å². The van der Waals surface area contributed by atoms with Gasteiger partial charge >= 0.3 is 0 Å². The Balaban J connectivity index is 2.32. The van der Waals surface area contributed by atoms with Crippen LogP contribution < -0.4 is 10.6 Å². The van der Waals surface area contributed by atoms with Crippen LogP contribution in [-0.2, 0) is 4.79 Å². The van der Waals surface area contributed by atoms with Crippen LogP contribution in [0.1, 0.15) is 18.5 Å². The maximum Gasteiger partial charge on any atom is 0.234 e. The normalized spacial score (nSPS) is 16.8. The lowest BCUT2D eigenvalue weighted by Crippen LogP contribution is -2.19. The van der Waals surface area contributed by atoms with Gasteiger partial charge in [0.15, 0.2) is 0 Å². The Morgan fingerprint density at radius 3 is 3.07 bits per heavy atom. The molecule has 0 fully saturated rings. The van der Waals surface area contributed by atoms with Gasteiger partial charge in [-0.3, -0.25) is 4.79 Å². The number of carbonyl (C=O) groups excluding carboxylic acids is 1. The number of benzene rings is 1. The fraction of sp³-hybridized carbons (Fsp3) is 0.364. The van der Waals surface area contributed by atoms with Gasteiger partial charge in [-0.05, 0) is 31.7 Å². The van der Waals surface area contributed by atoms with E-state index in [1.54, 1.807) is 11.8 Å². The van der Waals surface area contributed by atoms with Gasteiger partial charge in [0.05, 0.1) is 11.4 Å². The van der Waals surface area contributed by atoms with E-state index in [0.29, 0.717) is 11.8 Å². The van der Waals surface area contributed by atoms with Gasteiger partial charge in [0, 0.05) is 10.9 Å². The highest BCUT2D eigenvalue weighted by Gasteiger charge is 2.16. The number of nitrogens with one attached hydrogen (secondary N) is 2. The van der Waals surface area contributed by atoms with Gasteiger partial charge in [-0.1, -0.05) is 6.07 Å². The number of carbonyl (C=O) groups is 1. The summed E-state index contributed by atoms with van der Waals surface area (Å²) in [5, 5.41) is 6.07. The first-order valence-corrected chi connectivity index (χ1v) is 5.93. The van der Waals surface area contributed by atoms with Crippen LogP contribution in [0.15, 0.2) is 23.1 Å². The van der Waals surface area contributed by atoms with Crippen LogP contribution in [0.25, 0.3) is 0 Å². The van der Waals surface area contributed by atoms with Gasteiger partial charge in [-0.2, -0.15) is 0 Å². The minimum absolute atomic E-state index is 0.0850. The van der Waals surface area contributed by atoms with Crippen LogP contribution in [0.2, 0.25) is 0 Å². The zero-order valence-electron chi connectivity index (χ0n) is 8.83. The fourth-order valence-electron chi connectivity index (χ4n) is 1.54. The zero-order valence-corrected chi connectivity index (χ0v) is 9.65. The van der Waals surface area contributed by atoms with Crippen LogP contribution in [0.5, 0.6) is 0 Å². The molecule has 0 saturated carbocycles. The number of rotatable bonds is 2. The SMILES string of the molecule is CNC(C)c1ccc2c(c1)NC(=O)CS2. The van der Waals surface area contributed by atoms with Crippen molar-refractivity contribution in [2.45, 2.75) is 17.9 Å². The number of thioether (sulfide) groups is 1. The second-order valence-corrected chi connectivity index (χ2v) is 4.62. The topological polar surface area (TPSA) is 41.1 Å². The van der Waals surface area contributed by atoms with Crippen molar-refractivity contribution in [3.05, 3.63) is 23.8 Å². The van der Waals surface area contributed by atoms with Gasteiger partial charge in [0.2, 0.25) is 5.91 Å². The van der Waals surface area contributed by atoms with Crippen LogP contribution in [0.3, 0.4) is 0 Å². The minimum atomic E-state index is 0.0850. The molecule has 1 atom stereocenters. The van der Waals surface area contributed by atoms with E-state index in [1.807, 2.05) is 13.1 Å². The van der Waals surface area contributed by atoms with Gasteiger partial charge in [0.1, 0.15) is 0 Å². The maximum atomic E-state index is 11.2. The average molecular weight is 222 g/mol. The zero-order chi connectivity index (χ0) is 10.8. The molecule has 0 bridgehead atoms. The van der Waals surface area contributed by atoms with E-state index in [2.05, 4.69) is 29.7 Å². The minimum Gasteiger partial charge on any atom is -0.324 e. The molecule has 2 N–H and O–H groups in total. The molecule has 80 valence electrons. The van der Waals surface area contributed by atoms with Gasteiger partial charge in [-0.15, -0.1) is 11.8 Å². The van der Waals surface area contributed by atoms with E-state index in [9.17, 15) is 4.79 Å². The first-order chi connectivity index (χ1) is 7.20. The molecule has 0 aromatic heterocycles. The number of anilines is 1. The molecule has 4 heteroatoms. The number of fused-ring (bicyclic) bond motifs is 1. The molecular weight excluding hydrogens is 208 g/mol. The molecular formula is C11H14N2OS. The number of hydrogen-bond donors (Lipinski definition) is 2. The van der Waals surface area contributed by atoms with Crippen molar-refractivity contribution in [2.75, 3.05) is 18.1 Å². The molecule has 15 heavy (non-hydrogen) atoms. The molecule has 2 rings (SSSR count). The maximum absolute atomic E-state index is 11.2. The van der Waals surface area contributed by atoms with E-state index in [-0.39, 0.29) is 5.91 Å². The number of amides is 1. The standard InChI is InChI=1S/C11H14N2OS/c1-7(12-2)8-3-4-10-9(5-8)13-11(14)6-15-10/h3-5,7,12H,6H2,1-2H3,(H,13,14). The molecule has 1 aromatic rings. The Hall–Kier alpha value is -1.000. The molecule has 1 aliphatic heterocycles. The Morgan fingerprint density at radius 2 is 2.33 bits per heavy atom. The van der Waals surface area contributed by atoms with Gasteiger partial charge in [0.25, 0.3) is 0 Å². The van der Waals surface area contributed by atoms with E-state index in [4.69, 9.17) is 0 Å². The molecule has 3 nitrogen and oxygen atoms in total. The smallest absolute Gasteiger partial charge is 0.234 e. The Labute approximate surface area is 93.6 Å².